The van der Waals surface area contributed by atoms with Crippen molar-refractivity contribution in [1.82, 2.24) is 5.32 Å². The van der Waals surface area contributed by atoms with E-state index in [1.165, 1.54) is 14.2 Å². The number of hydrogen-bond donors (Lipinski definition) is 1. The maximum atomic E-state index is 9.88. The number of nitrogens with zero attached hydrogens (tertiary/aromatic N) is 1. The smallest absolute Gasteiger partial charge is 0.375 e. The average Bonchev–Trinajstić information content (AvgIpc) is 2.60. The van der Waals surface area contributed by atoms with Gasteiger partial charge in [-0.1, -0.05) is 0 Å². The molecule has 5 nitrogen and oxygen atoms in total. The molecule has 1 N–H and O–H groups in total. The molecule has 0 bridgehead atoms. The summed E-state index contributed by atoms with van der Waals surface area (Å²) in [6.07, 6.45) is 1.74. The third-order valence-electron chi connectivity index (χ3n) is 0.866. The topological polar surface area (TPSA) is 59.9 Å². The van der Waals surface area contributed by atoms with Crippen LogP contribution >= 0.6 is 8.25 Å². The standard InChI is InChI=1S/C3H6N2.C2H6O3P.Na/c1-2-5-3-4-1;1-4-6(3)5-2;/h3H,1-2H2,(H,4,5);1-2H3;/q;+1;. The van der Waals surface area contributed by atoms with Crippen LogP contribution in [0.4, 0.5) is 0 Å². The molecule has 0 atom stereocenters. The van der Waals surface area contributed by atoms with E-state index in [9.17, 15) is 4.57 Å². The van der Waals surface area contributed by atoms with Gasteiger partial charge in [0.15, 0.2) is 0 Å². The number of rotatable bonds is 2. The molecule has 65 valence electrons. The zero-order valence-electron chi connectivity index (χ0n) is 7.61. The molecule has 0 aliphatic carbocycles. The van der Waals surface area contributed by atoms with Crippen LogP contribution < -0.4 is 5.32 Å². The van der Waals surface area contributed by atoms with Crippen LogP contribution in [0.15, 0.2) is 4.99 Å². The second-order valence-corrected chi connectivity index (χ2v) is 2.76. The summed E-state index contributed by atoms with van der Waals surface area (Å²) in [6, 6.07) is 0. The van der Waals surface area contributed by atoms with Crippen molar-refractivity contribution in [2.45, 2.75) is 0 Å². The van der Waals surface area contributed by atoms with Gasteiger partial charge < -0.3 is 5.32 Å². The van der Waals surface area contributed by atoms with Crippen LogP contribution in [0.3, 0.4) is 0 Å². The summed E-state index contributed by atoms with van der Waals surface area (Å²) in [4.78, 5) is 3.85. The van der Waals surface area contributed by atoms with Crippen LogP contribution in [-0.4, -0.2) is 63.2 Å². The van der Waals surface area contributed by atoms with Gasteiger partial charge in [-0.3, -0.25) is 4.99 Å². The Morgan fingerprint density at radius 2 is 2.08 bits per heavy atom. The monoisotopic (exact) mass is 202 g/mol. The maximum Gasteiger partial charge on any atom is 0.696 e. The van der Waals surface area contributed by atoms with Gasteiger partial charge in [0.05, 0.1) is 27.1 Å². The number of nitrogens with one attached hydrogen (secondary N) is 1. The van der Waals surface area contributed by atoms with Crippen molar-refractivity contribution in [1.29, 1.82) is 0 Å². The SMILES string of the molecule is C1=NCCN1.CO[P+](=O)OC.[Na]. The van der Waals surface area contributed by atoms with E-state index in [1.807, 2.05) is 0 Å². The van der Waals surface area contributed by atoms with E-state index < -0.39 is 8.25 Å². The van der Waals surface area contributed by atoms with Gasteiger partial charge in [-0.25, -0.2) is 0 Å². The van der Waals surface area contributed by atoms with Crippen molar-refractivity contribution in [3.05, 3.63) is 0 Å². The molecule has 0 saturated carbocycles. The second kappa shape index (κ2) is 11.5. The average molecular weight is 202 g/mol. The third kappa shape index (κ3) is 10.5. The quantitative estimate of drug-likeness (QED) is 0.512. The van der Waals surface area contributed by atoms with E-state index in [1.54, 1.807) is 6.34 Å². The summed E-state index contributed by atoms with van der Waals surface area (Å²) in [5.41, 5.74) is 0. The van der Waals surface area contributed by atoms with Crippen molar-refractivity contribution in [3.8, 4) is 0 Å². The molecule has 1 aliphatic heterocycles. The normalized spacial score (nSPS) is 12.2. The molecule has 0 spiro atoms. The first-order chi connectivity index (χ1) is 5.31. The Morgan fingerprint density at radius 3 is 2.17 bits per heavy atom. The molecule has 0 aromatic rings. The Kier molecular flexibility index (Phi) is 14.3. The van der Waals surface area contributed by atoms with Crippen molar-refractivity contribution in [3.63, 3.8) is 0 Å². The molecule has 0 unspecified atom stereocenters. The van der Waals surface area contributed by atoms with E-state index in [0.29, 0.717) is 0 Å². The van der Waals surface area contributed by atoms with Gasteiger partial charge in [0.2, 0.25) is 0 Å². The first kappa shape index (κ1) is 15.0. The zero-order chi connectivity index (χ0) is 8.53. The predicted molar refractivity (Wildman–Crippen MR) is 48.7 cm³/mol. The largest absolute Gasteiger partial charge is 0.696 e. The van der Waals surface area contributed by atoms with Gasteiger partial charge in [0.25, 0.3) is 0 Å². The molecule has 0 aromatic heterocycles. The zero-order valence-corrected chi connectivity index (χ0v) is 10.5. The fraction of sp³-hybridized carbons (Fsp3) is 0.800. The van der Waals surface area contributed by atoms with E-state index in [-0.39, 0.29) is 29.6 Å². The van der Waals surface area contributed by atoms with Gasteiger partial charge in [-0.2, -0.15) is 0 Å². The molecule has 0 amide bonds. The minimum Gasteiger partial charge on any atom is -0.375 e. The van der Waals surface area contributed by atoms with Crippen LogP contribution in [0.25, 0.3) is 0 Å². The van der Waals surface area contributed by atoms with Crippen LogP contribution in [0.2, 0.25) is 0 Å². The van der Waals surface area contributed by atoms with Crippen molar-refractivity contribution >= 4 is 44.2 Å². The van der Waals surface area contributed by atoms with Crippen molar-refractivity contribution in [2.24, 2.45) is 4.99 Å². The van der Waals surface area contributed by atoms with Gasteiger partial charge in [0.1, 0.15) is 0 Å². The molecule has 1 heterocycles. The minimum atomic E-state index is -1.83. The summed E-state index contributed by atoms with van der Waals surface area (Å²) in [5, 5.41) is 2.93. The molecule has 1 aliphatic rings. The molecule has 1 radical (unpaired) electrons. The van der Waals surface area contributed by atoms with E-state index in [0.717, 1.165) is 13.1 Å². The van der Waals surface area contributed by atoms with E-state index >= 15 is 0 Å². The van der Waals surface area contributed by atoms with Gasteiger partial charge in [-0.05, 0) is 0 Å². The summed E-state index contributed by atoms with van der Waals surface area (Å²) < 4.78 is 18.3. The molecule has 0 aromatic carbocycles. The first-order valence-corrected chi connectivity index (χ1v) is 4.18. The summed E-state index contributed by atoms with van der Waals surface area (Å²) in [7, 11) is 0.817. The van der Waals surface area contributed by atoms with Gasteiger partial charge in [-0.15, -0.1) is 9.05 Å². The Bertz CT molecular complexity index is 133. The Hall–Kier alpha value is 0.490. The minimum absolute atomic E-state index is 0. The van der Waals surface area contributed by atoms with Gasteiger partial charge in [0, 0.05) is 40.7 Å². The first-order valence-electron chi connectivity index (χ1n) is 3.08. The predicted octanol–water partition coefficient (Wildman–Crippen LogP) is 0.174. The Balaban J connectivity index is 0. The molecular formula is C5H12N2NaO3P+. The van der Waals surface area contributed by atoms with Crippen LogP contribution in [-0.2, 0) is 13.6 Å². The van der Waals surface area contributed by atoms with E-state index in [4.69, 9.17) is 0 Å². The third-order valence-corrected chi connectivity index (χ3v) is 1.46. The Morgan fingerprint density at radius 1 is 1.50 bits per heavy atom. The number of hydrogen-bond acceptors (Lipinski definition) is 5. The summed E-state index contributed by atoms with van der Waals surface area (Å²) >= 11 is 0. The summed E-state index contributed by atoms with van der Waals surface area (Å²) in [5.74, 6) is 0. The van der Waals surface area contributed by atoms with Crippen molar-refractivity contribution in [2.75, 3.05) is 27.3 Å². The fourth-order valence-electron chi connectivity index (χ4n) is 0.397. The fourth-order valence-corrected chi connectivity index (χ4v) is 0.546. The van der Waals surface area contributed by atoms with Crippen molar-refractivity contribution < 1.29 is 13.6 Å². The molecule has 12 heavy (non-hydrogen) atoms. The molecule has 1 rings (SSSR count). The molecule has 0 fully saturated rings. The van der Waals surface area contributed by atoms with Gasteiger partial charge >= 0.3 is 8.25 Å². The van der Waals surface area contributed by atoms with E-state index in [2.05, 4.69) is 19.4 Å². The van der Waals surface area contributed by atoms with Crippen LogP contribution in [0.1, 0.15) is 0 Å². The maximum absolute atomic E-state index is 9.88. The van der Waals surface area contributed by atoms with Crippen LogP contribution in [0.5, 0.6) is 0 Å². The molecule has 0 saturated heterocycles. The second-order valence-electron chi connectivity index (χ2n) is 1.58. The number of aliphatic imine (C=N–C) groups is 1. The molecular weight excluding hydrogens is 190 g/mol. The van der Waals surface area contributed by atoms with Crippen LogP contribution in [0, 0.1) is 0 Å². The molecule has 7 heteroatoms. The summed E-state index contributed by atoms with van der Waals surface area (Å²) in [6.45, 7) is 1.99. The Labute approximate surface area is 95.2 Å².